The Morgan fingerprint density at radius 2 is 1.50 bits per heavy atom. The molecule has 22 heavy (non-hydrogen) atoms. The first kappa shape index (κ1) is 20.0. The first-order valence-electron chi connectivity index (χ1n) is 8.89. The highest BCUT2D eigenvalue weighted by molar-refractivity contribution is 7.86. The molecule has 0 saturated heterocycles. The maximum absolute atomic E-state index is 11.3. The van der Waals surface area contributed by atoms with Gasteiger partial charge in [0.05, 0.1) is 5.25 Å². The van der Waals surface area contributed by atoms with E-state index in [4.69, 9.17) is 0 Å². The molecule has 1 fully saturated rings. The molecule has 0 spiro atoms. The zero-order chi connectivity index (χ0) is 17.2. The maximum atomic E-state index is 11.3. The molecular formula is C18H36O3S. The van der Waals surface area contributed by atoms with Crippen molar-refractivity contribution < 1.29 is 13.0 Å². The van der Waals surface area contributed by atoms with Gasteiger partial charge >= 0.3 is 0 Å². The van der Waals surface area contributed by atoms with Gasteiger partial charge in [0.15, 0.2) is 0 Å². The Balaban J connectivity index is 2.86. The molecule has 0 radical (unpaired) electrons. The monoisotopic (exact) mass is 332 g/mol. The third-order valence-corrected chi connectivity index (χ3v) is 7.67. The van der Waals surface area contributed by atoms with Gasteiger partial charge in [-0.15, -0.1) is 0 Å². The first-order chi connectivity index (χ1) is 9.93. The lowest BCUT2D eigenvalue weighted by Crippen LogP contribution is -2.37. The summed E-state index contributed by atoms with van der Waals surface area (Å²) in [6.07, 6.45) is 6.61. The molecule has 1 aliphatic carbocycles. The second kappa shape index (κ2) is 7.21. The standard InChI is InChI=1S/C18H36O3S/c1-7-17(3,4)13-16(18(5,6)8-2)14-9-11-15(12-10-14)22(19,20)21/h14-16H,7-13H2,1-6H3,(H,19,20,21). The summed E-state index contributed by atoms with van der Waals surface area (Å²) < 4.78 is 32.0. The Bertz CT molecular complexity index is 443. The highest BCUT2D eigenvalue weighted by Crippen LogP contribution is 2.48. The van der Waals surface area contributed by atoms with E-state index in [9.17, 15) is 13.0 Å². The Labute approximate surface area is 138 Å². The molecule has 1 N–H and O–H groups in total. The Morgan fingerprint density at radius 3 is 1.86 bits per heavy atom. The predicted molar refractivity (Wildman–Crippen MR) is 93.5 cm³/mol. The maximum Gasteiger partial charge on any atom is 0.267 e. The summed E-state index contributed by atoms with van der Waals surface area (Å²) in [6.45, 7) is 13.9. The van der Waals surface area contributed by atoms with Crippen LogP contribution in [0.5, 0.6) is 0 Å². The third kappa shape index (κ3) is 5.23. The topological polar surface area (TPSA) is 54.4 Å². The van der Waals surface area contributed by atoms with Crippen LogP contribution in [0.3, 0.4) is 0 Å². The van der Waals surface area contributed by atoms with Crippen LogP contribution in [-0.4, -0.2) is 18.2 Å². The van der Waals surface area contributed by atoms with E-state index < -0.39 is 15.4 Å². The van der Waals surface area contributed by atoms with E-state index in [1.807, 2.05) is 0 Å². The van der Waals surface area contributed by atoms with Gasteiger partial charge in [0.1, 0.15) is 0 Å². The highest BCUT2D eigenvalue weighted by atomic mass is 32.2. The molecule has 1 atom stereocenters. The second-order valence-corrected chi connectivity index (χ2v) is 10.4. The quantitative estimate of drug-likeness (QED) is 0.643. The highest BCUT2D eigenvalue weighted by Gasteiger charge is 2.40. The summed E-state index contributed by atoms with van der Waals surface area (Å²) in [5.41, 5.74) is 0.610. The van der Waals surface area contributed by atoms with Gasteiger partial charge in [0.2, 0.25) is 0 Å². The molecule has 4 heteroatoms. The Hall–Kier alpha value is -0.0900. The molecule has 1 saturated carbocycles. The molecule has 0 aromatic heterocycles. The van der Waals surface area contributed by atoms with Crippen LogP contribution in [-0.2, 0) is 10.1 Å². The molecule has 0 aromatic rings. The van der Waals surface area contributed by atoms with Crippen molar-refractivity contribution in [1.29, 1.82) is 0 Å². The summed E-state index contributed by atoms with van der Waals surface area (Å²) in [7, 11) is -3.86. The van der Waals surface area contributed by atoms with Gasteiger partial charge in [0.25, 0.3) is 10.1 Å². The summed E-state index contributed by atoms with van der Waals surface area (Å²) in [5, 5.41) is -0.534. The van der Waals surface area contributed by atoms with E-state index in [1.165, 1.54) is 12.8 Å². The van der Waals surface area contributed by atoms with E-state index in [2.05, 4.69) is 41.5 Å². The van der Waals surface area contributed by atoms with E-state index >= 15 is 0 Å². The molecule has 1 unspecified atom stereocenters. The van der Waals surface area contributed by atoms with Crippen LogP contribution in [0.4, 0.5) is 0 Å². The largest absolute Gasteiger partial charge is 0.285 e. The average molecular weight is 333 g/mol. The van der Waals surface area contributed by atoms with E-state index in [1.54, 1.807) is 0 Å². The van der Waals surface area contributed by atoms with Crippen LogP contribution >= 0.6 is 0 Å². The van der Waals surface area contributed by atoms with Crippen molar-refractivity contribution in [2.45, 2.75) is 91.7 Å². The minimum absolute atomic E-state index is 0.280. The second-order valence-electron chi connectivity index (χ2n) is 8.72. The number of hydrogen-bond donors (Lipinski definition) is 1. The molecule has 0 aromatic carbocycles. The van der Waals surface area contributed by atoms with Gasteiger partial charge in [-0.2, -0.15) is 8.42 Å². The average Bonchev–Trinajstić information content (AvgIpc) is 2.44. The Morgan fingerprint density at radius 1 is 1.00 bits per heavy atom. The number of hydrogen-bond acceptors (Lipinski definition) is 2. The predicted octanol–water partition coefficient (Wildman–Crippen LogP) is 5.31. The van der Waals surface area contributed by atoms with Crippen LogP contribution in [0.2, 0.25) is 0 Å². The first-order valence-corrected chi connectivity index (χ1v) is 10.4. The van der Waals surface area contributed by atoms with Crippen LogP contribution in [0.25, 0.3) is 0 Å². The van der Waals surface area contributed by atoms with Gasteiger partial charge in [-0.25, -0.2) is 0 Å². The van der Waals surface area contributed by atoms with Crippen molar-refractivity contribution in [2.75, 3.05) is 0 Å². The summed E-state index contributed by atoms with van der Waals surface area (Å²) in [5.74, 6) is 1.20. The van der Waals surface area contributed by atoms with Crippen molar-refractivity contribution >= 4 is 10.1 Å². The fourth-order valence-corrected chi connectivity index (χ4v) is 4.74. The summed E-state index contributed by atoms with van der Waals surface area (Å²) in [6, 6.07) is 0. The van der Waals surface area contributed by atoms with Crippen molar-refractivity contribution in [1.82, 2.24) is 0 Å². The van der Waals surface area contributed by atoms with Gasteiger partial charge in [-0.05, 0) is 54.8 Å². The molecule has 3 nitrogen and oxygen atoms in total. The van der Waals surface area contributed by atoms with Crippen LogP contribution < -0.4 is 0 Å². The molecule has 1 aliphatic rings. The van der Waals surface area contributed by atoms with Crippen molar-refractivity contribution in [2.24, 2.45) is 22.7 Å². The lowest BCUT2D eigenvalue weighted by molar-refractivity contribution is 0.0581. The molecule has 0 bridgehead atoms. The van der Waals surface area contributed by atoms with Crippen molar-refractivity contribution in [3.8, 4) is 0 Å². The van der Waals surface area contributed by atoms with Crippen molar-refractivity contribution in [3.05, 3.63) is 0 Å². The lowest BCUT2D eigenvalue weighted by Gasteiger charge is -2.45. The van der Waals surface area contributed by atoms with E-state index in [0.29, 0.717) is 30.1 Å². The minimum Gasteiger partial charge on any atom is -0.285 e. The lowest BCUT2D eigenvalue weighted by atomic mass is 9.61. The molecule has 0 amide bonds. The van der Waals surface area contributed by atoms with Crippen LogP contribution in [0, 0.1) is 22.7 Å². The van der Waals surface area contributed by atoms with Crippen LogP contribution in [0.1, 0.15) is 86.5 Å². The van der Waals surface area contributed by atoms with E-state index in [0.717, 1.165) is 19.3 Å². The zero-order valence-corrected chi connectivity index (χ0v) is 16.2. The fourth-order valence-electron chi connectivity index (χ4n) is 3.87. The van der Waals surface area contributed by atoms with Crippen LogP contribution in [0.15, 0.2) is 0 Å². The summed E-state index contributed by atoms with van der Waals surface area (Å²) in [4.78, 5) is 0. The molecule has 0 aliphatic heterocycles. The van der Waals surface area contributed by atoms with Gasteiger partial charge in [0, 0.05) is 0 Å². The molecule has 0 heterocycles. The number of rotatable bonds is 7. The van der Waals surface area contributed by atoms with Gasteiger partial charge < -0.3 is 0 Å². The Kier molecular flexibility index (Phi) is 6.54. The van der Waals surface area contributed by atoms with Crippen molar-refractivity contribution in [3.63, 3.8) is 0 Å². The summed E-state index contributed by atoms with van der Waals surface area (Å²) >= 11 is 0. The smallest absolute Gasteiger partial charge is 0.267 e. The van der Waals surface area contributed by atoms with E-state index in [-0.39, 0.29) is 5.41 Å². The molecule has 132 valence electrons. The fraction of sp³-hybridized carbons (Fsp3) is 1.00. The minimum atomic E-state index is -3.86. The van der Waals surface area contributed by atoms with Gasteiger partial charge in [-0.3, -0.25) is 4.55 Å². The molecular weight excluding hydrogens is 296 g/mol. The zero-order valence-electron chi connectivity index (χ0n) is 15.4. The van der Waals surface area contributed by atoms with Gasteiger partial charge in [-0.1, -0.05) is 54.4 Å². The normalized spacial score (nSPS) is 26.0. The third-order valence-electron chi connectivity index (χ3n) is 6.35. The SMILES string of the molecule is CCC(C)(C)CC(C1CCC(S(=O)(=O)O)CC1)C(C)(C)CC. The molecule has 1 rings (SSSR count).